The Morgan fingerprint density at radius 2 is 2.09 bits per heavy atom. The number of aromatic nitrogens is 2. The Labute approximate surface area is 142 Å². The van der Waals surface area contributed by atoms with E-state index in [4.69, 9.17) is 0 Å². The predicted octanol–water partition coefficient (Wildman–Crippen LogP) is 4.06. The Kier molecular flexibility index (Phi) is 5.88. The van der Waals surface area contributed by atoms with Gasteiger partial charge < -0.3 is 5.32 Å². The molecule has 5 heteroatoms. The first kappa shape index (κ1) is 17.6. The van der Waals surface area contributed by atoms with Crippen molar-refractivity contribution in [1.29, 1.82) is 0 Å². The Morgan fingerprint density at radius 3 is 2.74 bits per heavy atom. The highest BCUT2D eigenvalue weighted by Gasteiger charge is 2.15. The Morgan fingerprint density at radius 1 is 1.35 bits per heavy atom. The smallest absolute Gasteiger partial charge is 0.228 e. The molecular weight excluding hydrogens is 306 g/mol. The lowest BCUT2D eigenvalue weighted by molar-refractivity contribution is -0.115. The molecule has 0 spiro atoms. The summed E-state index contributed by atoms with van der Waals surface area (Å²) in [5.74, 6) is 0.530. The van der Waals surface area contributed by atoms with Gasteiger partial charge in [-0.2, -0.15) is 5.10 Å². The van der Waals surface area contributed by atoms with E-state index in [0.29, 0.717) is 12.3 Å². The largest absolute Gasteiger partial charge is 0.326 e. The molecule has 0 saturated carbocycles. The molecule has 0 aliphatic carbocycles. The molecule has 4 nitrogen and oxygen atoms in total. The number of aryl methyl sites for hydroxylation is 1. The monoisotopic (exact) mass is 331 g/mol. The van der Waals surface area contributed by atoms with Crippen LogP contribution >= 0.6 is 11.8 Å². The van der Waals surface area contributed by atoms with Gasteiger partial charge in [0.05, 0.1) is 12.1 Å². The fraction of sp³-hybridized carbons (Fsp3) is 0.444. The Bertz CT molecular complexity index is 692. The second-order valence-corrected chi connectivity index (χ2v) is 7.06. The van der Waals surface area contributed by atoms with Gasteiger partial charge in [-0.3, -0.25) is 9.48 Å². The maximum atomic E-state index is 12.4. The summed E-state index contributed by atoms with van der Waals surface area (Å²) >= 11 is 1.66. The molecule has 124 valence electrons. The van der Waals surface area contributed by atoms with Gasteiger partial charge in [0.25, 0.3) is 0 Å². The number of hydrogen-bond donors (Lipinski definition) is 1. The highest BCUT2D eigenvalue weighted by atomic mass is 32.2. The van der Waals surface area contributed by atoms with Crippen LogP contribution in [0.5, 0.6) is 0 Å². The van der Waals surface area contributed by atoms with E-state index in [1.54, 1.807) is 11.8 Å². The normalized spacial score (nSPS) is 11.0. The van der Waals surface area contributed by atoms with Crippen LogP contribution in [0.3, 0.4) is 0 Å². The van der Waals surface area contributed by atoms with Crippen LogP contribution in [0.15, 0.2) is 29.2 Å². The summed E-state index contributed by atoms with van der Waals surface area (Å²) in [6, 6.07) is 7.90. The van der Waals surface area contributed by atoms with Crippen molar-refractivity contribution < 1.29 is 4.79 Å². The molecule has 23 heavy (non-hydrogen) atoms. The van der Waals surface area contributed by atoms with E-state index < -0.39 is 0 Å². The molecule has 1 aromatic heterocycles. The zero-order valence-electron chi connectivity index (χ0n) is 14.5. The summed E-state index contributed by atoms with van der Waals surface area (Å²) in [7, 11) is 0. The van der Waals surface area contributed by atoms with E-state index in [2.05, 4.69) is 24.3 Å². The predicted molar refractivity (Wildman–Crippen MR) is 97.1 cm³/mol. The molecule has 0 fully saturated rings. The van der Waals surface area contributed by atoms with Crippen LogP contribution in [0, 0.1) is 19.8 Å². The number of nitrogens with one attached hydrogen (secondary N) is 1. The van der Waals surface area contributed by atoms with Gasteiger partial charge in [0, 0.05) is 28.4 Å². The molecule has 0 unspecified atom stereocenters. The minimum atomic E-state index is -0.00134. The van der Waals surface area contributed by atoms with Crippen molar-refractivity contribution in [3.05, 3.63) is 41.2 Å². The summed E-state index contributed by atoms with van der Waals surface area (Å²) in [4.78, 5) is 13.5. The summed E-state index contributed by atoms with van der Waals surface area (Å²) in [5.41, 5.74) is 3.90. The molecule has 2 rings (SSSR count). The zero-order chi connectivity index (χ0) is 17.0. The summed E-state index contributed by atoms with van der Waals surface area (Å²) in [5, 5.41) is 7.55. The Balaban J connectivity index is 2.09. The van der Waals surface area contributed by atoms with Gasteiger partial charge in [-0.15, -0.1) is 11.8 Å². The lowest BCUT2D eigenvalue weighted by atomic mass is 10.1. The van der Waals surface area contributed by atoms with Crippen LogP contribution in [0.4, 0.5) is 5.69 Å². The van der Waals surface area contributed by atoms with E-state index in [-0.39, 0.29) is 5.91 Å². The minimum absolute atomic E-state index is 0.00134. The zero-order valence-corrected chi connectivity index (χ0v) is 15.3. The molecule has 0 radical (unpaired) electrons. The maximum absolute atomic E-state index is 12.4. The van der Waals surface area contributed by atoms with Crippen LogP contribution in [0.2, 0.25) is 0 Å². The van der Waals surface area contributed by atoms with Gasteiger partial charge >= 0.3 is 0 Å². The van der Waals surface area contributed by atoms with Gasteiger partial charge in [0.1, 0.15) is 0 Å². The average molecular weight is 331 g/mol. The van der Waals surface area contributed by atoms with Crippen molar-refractivity contribution in [3.63, 3.8) is 0 Å². The molecule has 0 aliphatic rings. The Hall–Kier alpha value is -1.75. The molecule has 2 aromatic rings. The van der Waals surface area contributed by atoms with Gasteiger partial charge in [-0.1, -0.05) is 19.9 Å². The number of hydrogen-bond acceptors (Lipinski definition) is 3. The van der Waals surface area contributed by atoms with Crippen molar-refractivity contribution >= 4 is 23.4 Å². The fourth-order valence-electron chi connectivity index (χ4n) is 2.58. The molecule has 0 atom stereocenters. The van der Waals surface area contributed by atoms with E-state index in [1.165, 1.54) is 0 Å². The fourth-order valence-corrected chi connectivity index (χ4v) is 3.04. The maximum Gasteiger partial charge on any atom is 0.228 e. The van der Waals surface area contributed by atoms with Crippen LogP contribution in [0.1, 0.15) is 30.8 Å². The van der Waals surface area contributed by atoms with E-state index >= 15 is 0 Å². The first-order chi connectivity index (χ1) is 10.9. The summed E-state index contributed by atoms with van der Waals surface area (Å²) in [6.45, 7) is 9.23. The number of anilines is 1. The topological polar surface area (TPSA) is 46.9 Å². The number of thioether (sulfide) groups is 1. The van der Waals surface area contributed by atoms with Crippen molar-refractivity contribution in [2.45, 2.75) is 45.6 Å². The molecule has 0 saturated heterocycles. The third-order valence-corrected chi connectivity index (χ3v) is 4.49. The molecule has 1 heterocycles. The first-order valence-corrected chi connectivity index (χ1v) is 9.10. The molecule has 0 bridgehead atoms. The van der Waals surface area contributed by atoms with E-state index in [1.807, 2.05) is 49.1 Å². The third kappa shape index (κ3) is 4.61. The molecule has 0 aliphatic heterocycles. The number of amides is 1. The molecule has 1 N–H and O–H groups in total. The molecular formula is C18H25N3OS. The number of carbonyl (C=O) groups excluding carboxylic acids is 1. The summed E-state index contributed by atoms with van der Waals surface area (Å²) in [6.07, 6.45) is 2.38. The second-order valence-electron chi connectivity index (χ2n) is 6.18. The summed E-state index contributed by atoms with van der Waals surface area (Å²) < 4.78 is 2.01. The van der Waals surface area contributed by atoms with Crippen LogP contribution in [-0.2, 0) is 17.8 Å². The quantitative estimate of drug-likeness (QED) is 0.812. The standard InChI is InChI=1S/C18H25N3OS/c1-12(2)11-21-14(4)17(13(3)20-21)10-18(22)19-15-7-6-8-16(9-15)23-5/h6-9,12H,10-11H2,1-5H3,(H,19,22). The molecule has 1 amide bonds. The highest BCUT2D eigenvalue weighted by molar-refractivity contribution is 7.98. The van der Waals surface area contributed by atoms with E-state index in [0.717, 1.165) is 34.1 Å². The average Bonchev–Trinajstić information content (AvgIpc) is 2.74. The van der Waals surface area contributed by atoms with E-state index in [9.17, 15) is 4.79 Å². The molecule has 1 aromatic carbocycles. The number of rotatable bonds is 6. The van der Waals surface area contributed by atoms with Crippen molar-refractivity contribution in [1.82, 2.24) is 9.78 Å². The highest BCUT2D eigenvalue weighted by Crippen LogP contribution is 2.20. The lowest BCUT2D eigenvalue weighted by Crippen LogP contribution is -2.15. The number of benzene rings is 1. The first-order valence-electron chi connectivity index (χ1n) is 7.87. The van der Waals surface area contributed by atoms with Crippen LogP contribution in [0.25, 0.3) is 0 Å². The number of carbonyl (C=O) groups is 1. The number of nitrogens with zero attached hydrogens (tertiary/aromatic N) is 2. The second kappa shape index (κ2) is 7.68. The lowest BCUT2D eigenvalue weighted by Gasteiger charge is -2.09. The minimum Gasteiger partial charge on any atom is -0.326 e. The van der Waals surface area contributed by atoms with Crippen molar-refractivity contribution in [2.24, 2.45) is 5.92 Å². The van der Waals surface area contributed by atoms with Crippen LogP contribution < -0.4 is 5.32 Å². The third-order valence-electron chi connectivity index (χ3n) is 3.76. The van der Waals surface area contributed by atoms with Gasteiger partial charge in [0.15, 0.2) is 0 Å². The van der Waals surface area contributed by atoms with Crippen molar-refractivity contribution in [3.8, 4) is 0 Å². The van der Waals surface area contributed by atoms with Crippen molar-refractivity contribution in [2.75, 3.05) is 11.6 Å². The SMILES string of the molecule is CSc1cccc(NC(=O)Cc2c(C)nn(CC(C)C)c2C)c1. The van der Waals surface area contributed by atoms with Gasteiger partial charge in [0.2, 0.25) is 5.91 Å². The van der Waals surface area contributed by atoms with Gasteiger partial charge in [-0.25, -0.2) is 0 Å². The van der Waals surface area contributed by atoms with Crippen LogP contribution in [-0.4, -0.2) is 21.9 Å². The van der Waals surface area contributed by atoms with Gasteiger partial charge in [-0.05, 0) is 44.2 Å².